The van der Waals surface area contributed by atoms with Crippen molar-refractivity contribution >= 4 is 5.91 Å². The number of hydrogen-bond acceptors (Lipinski definition) is 2. The van der Waals surface area contributed by atoms with Crippen LogP contribution in [0.15, 0.2) is 0 Å². The van der Waals surface area contributed by atoms with Crippen LogP contribution in [0.3, 0.4) is 0 Å². The van der Waals surface area contributed by atoms with Crippen LogP contribution in [0.1, 0.15) is 40.0 Å². The van der Waals surface area contributed by atoms with Crippen molar-refractivity contribution in [3.05, 3.63) is 0 Å². The Kier molecular flexibility index (Phi) is 2.73. The number of rotatable bonds is 2. The van der Waals surface area contributed by atoms with Gasteiger partial charge in [-0.05, 0) is 33.6 Å². The Hall–Kier alpha value is -0.570. The topological polar surface area (TPSA) is 38.3 Å². The molecule has 1 rings (SSSR count). The molecule has 0 aliphatic heterocycles. The average molecular weight is 171 g/mol. The second-order valence-electron chi connectivity index (χ2n) is 4.31. The summed E-state index contributed by atoms with van der Waals surface area (Å²) in [6, 6.07) is 0. The molecule has 0 spiro atoms. The number of amides is 1. The molecule has 0 aromatic heterocycles. The molecule has 70 valence electrons. The molecule has 0 aromatic carbocycles. The lowest BCUT2D eigenvalue weighted by molar-refractivity contribution is -0.152. The second kappa shape index (κ2) is 3.44. The minimum atomic E-state index is -0.292. The van der Waals surface area contributed by atoms with E-state index in [1.165, 1.54) is 6.42 Å². The molecule has 3 heteroatoms. The molecule has 0 heterocycles. The van der Waals surface area contributed by atoms with Gasteiger partial charge in [-0.3, -0.25) is 9.63 Å². The van der Waals surface area contributed by atoms with Gasteiger partial charge in [-0.15, -0.1) is 0 Å². The Bertz CT molecular complexity index is 168. The van der Waals surface area contributed by atoms with Crippen molar-refractivity contribution in [2.24, 2.45) is 5.92 Å². The van der Waals surface area contributed by atoms with Gasteiger partial charge in [-0.2, -0.15) is 0 Å². The van der Waals surface area contributed by atoms with Crippen LogP contribution < -0.4 is 5.48 Å². The van der Waals surface area contributed by atoms with Crippen LogP contribution in [0, 0.1) is 5.92 Å². The molecule has 1 fully saturated rings. The van der Waals surface area contributed by atoms with E-state index in [0.717, 1.165) is 12.8 Å². The monoisotopic (exact) mass is 171 g/mol. The van der Waals surface area contributed by atoms with Gasteiger partial charge in [0.15, 0.2) is 0 Å². The lowest BCUT2D eigenvalue weighted by atomic mass is 9.85. The summed E-state index contributed by atoms with van der Waals surface area (Å²) in [4.78, 5) is 16.4. The van der Waals surface area contributed by atoms with Crippen LogP contribution in [0.2, 0.25) is 0 Å². The predicted octanol–water partition coefficient (Wildman–Crippen LogP) is 1.63. The Morgan fingerprint density at radius 2 is 2.00 bits per heavy atom. The van der Waals surface area contributed by atoms with E-state index in [4.69, 9.17) is 4.84 Å². The van der Waals surface area contributed by atoms with Crippen molar-refractivity contribution in [3.8, 4) is 0 Å². The summed E-state index contributed by atoms with van der Waals surface area (Å²) in [6.45, 7) is 5.73. The maximum atomic E-state index is 11.2. The standard InChI is InChI=1S/C9H17NO2/c1-9(2,3)12-10-8(11)7-5-4-6-7/h7H,4-6H2,1-3H3,(H,10,11). The molecule has 3 nitrogen and oxygen atoms in total. The molecular formula is C9H17NO2. The van der Waals surface area contributed by atoms with Gasteiger partial charge in [0.05, 0.1) is 5.60 Å². The predicted molar refractivity (Wildman–Crippen MR) is 46.3 cm³/mol. The first kappa shape index (κ1) is 9.52. The highest BCUT2D eigenvalue weighted by Gasteiger charge is 2.26. The van der Waals surface area contributed by atoms with Crippen LogP contribution in [-0.2, 0) is 9.63 Å². The van der Waals surface area contributed by atoms with Gasteiger partial charge in [0.25, 0.3) is 0 Å². The summed E-state index contributed by atoms with van der Waals surface area (Å²) in [6.07, 6.45) is 3.20. The van der Waals surface area contributed by atoms with Gasteiger partial charge in [-0.25, -0.2) is 5.48 Å². The molecule has 0 unspecified atom stereocenters. The number of carbonyl (C=O) groups excluding carboxylic acids is 1. The van der Waals surface area contributed by atoms with Crippen LogP contribution in [0.5, 0.6) is 0 Å². The molecule has 0 atom stereocenters. The van der Waals surface area contributed by atoms with Gasteiger partial charge in [-0.1, -0.05) is 6.42 Å². The fourth-order valence-electron chi connectivity index (χ4n) is 0.957. The van der Waals surface area contributed by atoms with Gasteiger partial charge in [0.1, 0.15) is 0 Å². The summed E-state index contributed by atoms with van der Waals surface area (Å²) in [7, 11) is 0. The van der Waals surface area contributed by atoms with Crippen molar-refractivity contribution in [2.45, 2.75) is 45.6 Å². The van der Waals surface area contributed by atoms with Crippen LogP contribution in [0.4, 0.5) is 0 Å². The molecule has 0 saturated heterocycles. The molecular weight excluding hydrogens is 154 g/mol. The van der Waals surface area contributed by atoms with E-state index in [1.54, 1.807) is 0 Å². The van der Waals surface area contributed by atoms with Crippen LogP contribution in [0.25, 0.3) is 0 Å². The Labute approximate surface area is 73.4 Å². The van der Waals surface area contributed by atoms with Crippen molar-refractivity contribution in [1.82, 2.24) is 5.48 Å². The fraction of sp³-hybridized carbons (Fsp3) is 0.889. The summed E-state index contributed by atoms with van der Waals surface area (Å²) in [5.74, 6) is 0.239. The molecule has 0 bridgehead atoms. The summed E-state index contributed by atoms with van der Waals surface area (Å²) in [5.41, 5.74) is 2.19. The van der Waals surface area contributed by atoms with E-state index in [1.807, 2.05) is 20.8 Å². The normalized spacial score (nSPS) is 18.6. The zero-order valence-electron chi connectivity index (χ0n) is 8.02. The first-order valence-electron chi connectivity index (χ1n) is 4.47. The van der Waals surface area contributed by atoms with Gasteiger partial charge >= 0.3 is 0 Å². The first-order valence-corrected chi connectivity index (χ1v) is 4.47. The van der Waals surface area contributed by atoms with E-state index >= 15 is 0 Å². The highest BCUT2D eigenvalue weighted by Crippen LogP contribution is 2.26. The third-order valence-corrected chi connectivity index (χ3v) is 1.93. The summed E-state index contributed by atoms with van der Waals surface area (Å²) < 4.78 is 0. The van der Waals surface area contributed by atoms with Gasteiger partial charge < -0.3 is 0 Å². The maximum Gasteiger partial charge on any atom is 0.246 e. The molecule has 0 radical (unpaired) electrons. The lowest BCUT2D eigenvalue weighted by Crippen LogP contribution is -2.39. The third kappa shape index (κ3) is 2.81. The van der Waals surface area contributed by atoms with Crippen LogP contribution >= 0.6 is 0 Å². The van der Waals surface area contributed by atoms with Crippen LogP contribution in [-0.4, -0.2) is 11.5 Å². The fourth-order valence-corrected chi connectivity index (χ4v) is 0.957. The summed E-state index contributed by atoms with van der Waals surface area (Å²) in [5, 5.41) is 0. The van der Waals surface area contributed by atoms with Gasteiger partial charge in [0, 0.05) is 5.92 Å². The quantitative estimate of drug-likeness (QED) is 0.641. The van der Waals surface area contributed by atoms with E-state index in [2.05, 4.69) is 5.48 Å². The molecule has 1 aliphatic carbocycles. The highest BCUT2D eigenvalue weighted by atomic mass is 16.7. The van der Waals surface area contributed by atoms with E-state index < -0.39 is 0 Å². The molecule has 1 saturated carbocycles. The zero-order chi connectivity index (χ0) is 9.19. The largest absolute Gasteiger partial charge is 0.272 e. The Morgan fingerprint density at radius 1 is 1.42 bits per heavy atom. The Morgan fingerprint density at radius 3 is 2.33 bits per heavy atom. The minimum absolute atomic E-state index is 0.0381. The van der Waals surface area contributed by atoms with Crippen molar-refractivity contribution < 1.29 is 9.63 Å². The summed E-state index contributed by atoms with van der Waals surface area (Å²) >= 11 is 0. The van der Waals surface area contributed by atoms with E-state index in [-0.39, 0.29) is 17.4 Å². The highest BCUT2D eigenvalue weighted by molar-refractivity contribution is 5.78. The Balaban J connectivity index is 2.18. The van der Waals surface area contributed by atoms with Crippen molar-refractivity contribution in [3.63, 3.8) is 0 Å². The number of hydroxylamine groups is 1. The lowest BCUT2D eigenvalue weighted by Gasteiger charge is -2.26. The van der Waals surface area contributed by atoms with Gasteiger partial charge in [0.2, 0.25) is 5.91 Å². The molecule has 12 heavy (non-hydrogen) atoms. The molecule has 0 aromatic rings. The number of hydrogen-bond donors (Lipinski definition) is 1. The maximum absolute atomic E-state index is 11.2. The number of carbonyl (C=O) groups is 1. The number of nitrogens with one attached hydrogen (secondary N) is 1. The average Bonchev–Trinajstić information content (AvgIpc) is 1.78. The van der Waals surface area contributed by atoms with Crippen molar-refractivity contribution in [1.29, 1.82) is 0 Å². The third-order valence-electron chi connectivity index (χ3n) is 1.93. The van der Waals surface area contributed by atoms with E-state index in [0.29, 0.717) is 0 Å². The first-order chi connectivity index (χ1) is 5.49. The smallest absolute Gasteiger partial charge is 0.246 e. The van der Waals surface area contributed by atoms with Crippen molar-refractivity contribution in [2.75, 3.05) is 0 Å². The second-order valence-corrected chi connectivity index (χ2v) is 4.31. The zero-order valence-corrected chi connectivity index (χ0v) is 8.02. The SMILES string of the molecule is CC(C)(C)ONC(=O)C1CCC1. The van der Waals surface area contributed by atoms with E-state index in [9.17, 15) is 4.79 Å². The minimum Gasteiger partial charge on any atom is -0.272 e. The molecule has 1 aliphatic rings. The molecule has 1 amide bonds. The molecule has 1 N–H and O–H groups in total.